The van der Waals surface area contributed by atoms with Crippen LogP contribution < -0.4 is 5.43 Å². The zero-order valence-corrected chi connectivity index (χ0v) is 14.4. The number of nitrogens with zero attached hydrogens (tertiary/aromatic N) is 3. The number of hydrogen-bond acceptors (Lipinski definition) is 4. The molecular weight excluding hydrogens is 290 g/mol. The fourth-order valence-corrected chi connectivity index (χ4v) is 2.53. The van der Waals surface area contributed by atoms with Gasteiger partial charge in [-0.05, 0) is 13.1 Å². The van der Waals surface area contributed by atoms with Gasteiger partial charge in [-0.25, -0.2) is 0 Å². The van der Waals surface area contributed by atoms with E-state index in [0.29, 0.717) is 6.54 Å². The molecule has 5 heteroatoms. The summed E-state index contributed by atoms with van der Waals surface area (Å²) in [4.78, 5) is 16.3. The fourth-order valence-electron chi connectivity index (χ4n) is 2.53. The Bertz CT molecular complexity index is 552. The Hall–Kier alpha value is -1.85. The second-order valence-electron chi connectivity index (χ2n) is 5.51. The van der Waals surface area contributed by atoms with E-state index in [9.17, 15) is 9.90 Å². The highest BCUT2D eigenvalue weighted by Crippen LogP contribution is 2.09. The number of aromatic nitrogens is 1. The Balaban J connectivity index is 2.98. The van der Waals surface area contributed by atoms with Gasteiger partial charge in [0, 0.05) is 44.5 Å². The Morgan fingerprint density at radius 3 is 2.30 bits per heavy atom. The third kappa shape index (κ3) is 6.04. The predicted molar refractivity (Wildman–Crippen MR) is 95.8 cm³/mol. The molecule has 0 aromatic carbocycles. The Morgan fingerprint density at radius 2 is 1.78 bits per heavy atom. The monoisotopic (exact) mass is 319 g/mol. The number of rotatable bonds is 11. The quantitative estimate of drug-likeness (QED) is 0.634. The van der Waals surface area contributed by atoms with Crippen molar-refractivity contribution < 1.29 is 5.11 Å². The summed E-state index contributed by atoms with van der Waals surface area (Å²) < 4.78 is 1.97. The summed E-state index contributed by atoms with van der Waals surface area (Å²) in [6, 6.07) is 1.52. The Morgan fingerprint density at radius 1 is 1.17 bits per heavy atom. The summed E-state index contributed by atoms with van der Waals surface area (Å²) in [5, 5.41) is 9.75. The van der Waals surface area contributed by atoms with Crippen molar-refractivity contribution in [2.45, 2.75) is 26.9 Å². The van der Waals surface area contributed by atoms with Gasteiger partial charge in [0.1, 0.15) is 0 Å². The van der Waals surface area contributed by atoms with Crippen LogP contribution >= 0.6 is 0 Å². The highest BCUT2D eigenvalue weighted by atomic mass is 16.3. The molecule has 0 atom stereocenters. The summed E-state index contributed by atoms with van der Waals surface area (Å²) in [7, 11) is 0. The third-order valence-electron chi connectivity index (χ3n) is 3.91. The molecule has 1 N–H and O–H groups in total. The molecule has 0 aliphatic carbocycles. The van der Waals surface area contributed by atoms with E-state index >= 15 is 0 Å². The van der Waals surface area contributed by atoms with E-state index in [1.807, 2.05) is 16.7 Å². The first-order chi connectivity index (χ1) is 11.0. The summed E-state index contributed by atoms with van der Waals surface area (Å²) in [5.74, 6) is -0.202. The highest BCUT2D eigenvalue weighted by molar-refractivity contribution is 5.20. The lowest BCUT2D eigenvalue weighted by Crippen LogP contribution is -2.30. The van der Waals surface area contributed by atoms with Crippen LogP contribution in [0.25, 0.3) is 0 Å². The maximum absolute atomic E-state index is 11.8. The van der Waals surface area contributed by atoms with Crippen LogP contribution in [-0.2, 0) is 13.1 Å². The van der Waals surface area contributed by atoms with E-state index < -0.39 is 0 Å². The van der Waals surface area contributed by atoms with E-state index in [4.69, 9.17) is 0 Å². The average molecular weight is 319 g/mol. The maximum Gasteiger partial charge on any atom is 0.223 e. The van der Waals surface area contributed by atoms with Crippen molar-refractivity contribution in [3.05, 3.63) is 53.5 Å². The van der Waals surface area contributed by atoms with Crippen LogP contribution in [0, 0.1) is 0 Å². The minimum absolute atomic E-state index is 0.202. The lowest BCUT2D eigenvalue weighted by Gasteiger charge is -2.24. The minimum atomic E-state index is -0.337. The van der Waals surface area contributed by atoms with Gasteiger partial charge in [0.05, 0.1) is 6.20 Å². The summed E-state index contributed by atoms with van der Waals surface area (Å²) >= 11 is 0. The molecule has 0 saturated carbocycles. The van der Waals surface area contributed by atoms with Gasteiger partial charge >= 0.3 is 0 Å². The van der Waals surface area contributed by atoms with Gasteiger partial charge in [-0.1, -0.05) is 26.0 Å². The molecule has 0 aliphatic rings. The van der Waals surface area contributed by atoms with Gasteiger partial charge in [-0.15, -0.1) is 13.2 Å². The van der Waals surface area contributed by atoms with Crippen LogP contribution in [-0.4, -0.2) is 52.2 Å². The molecule has 0 saturated heterocycles. The smallest absolute Gasteiger partial charge is 0.223 e. The van der Waals surface area contributed by atoms with Crippen LogP contribution in [0.5, 0.6) is 5.75 Å². The topological polar surface area (TPSA) is 48.7 Å². The van der Waals surface area contributed by atoms with Gasteiger partial charge in [0.15, 0.2) is 5.75 Å². The summed E-state index contributed by atoms with van der Waals surface area (Å²) in [5.41, 5.74) is 0.555. The molecule has 0 amide bonds. The highest BCUT2D eigenvalue weighted by Gasteiger charge is 2.10. The molecular formula is C18H29N3O2. The molecule has 1 heterocycles. The van der Waals surface area contributed by atoms with Crippen LogP contribution in [0.3, 0.4) is 0 Å². The van der Waals surface area contributed by atoms with Crippen molar-refractivity contribution in [3.8, 4) is 5.75 Å². The first-order valence-corrected chi connectivity index (χ1v) is 8.14. The van der Waals surface area contributed by atoms with Gasteiger partial charge in [-0.3, -0.25) is 9.69 Å². The molecule has 0 spiro atoms. The molecule has 1 aromatic rings. The van der Waals surface area contributed by atoms with E-state index in [2.05, 4.69) is 36.8 Å². The second kappa shape index (κ2) is 10.0. The molecule has 23 heavy (non-hydrogen) atoms. The maximum atomic E-state index is 11.8. The van der Waals surface area contributed by atoms with E-state index in [1.54, 1.807) is 6.20 Å². The molecule has 128 valence electrons. The zero-order valence-electron chi connectivity index (χ0n) is 14.4. The minimum Gasteiger partial charge on any atom is -0.503 e. The standard InChI is InChI=1S/C18H29N3O2/c1-5-9-20(10-6-2)14-16-13-17(22)18(23)15-21(16)12-11-19(7-3)8-4/h5-6,13,15,23H,1-2,7-12,14H2,3-4H3. The van der Waals surface area contributed by atoms with Crippen LogP contribution in [0.15, 0.2) is 42.4 Å². The van der Waals surface area contributed by atoms with Crippen molar-refractivity contribution in [1.82, 2.24) is 14.4 Å². The van der Waals surface area contributed by atoms with Gasteiger partial charge < -0.3 is 14.6 Å². The fraction of sp³-hybridized carbons (Fsp3) is 0.500. The van der Waals surface area contributed by atoms with E-state index in [1.165, 1.54) is 6.07 Å². The van der Waals surface area contributed by atoms with Gasteiger partial charge in [0.25, 0.3) is 0 Å². The first kappa shape index (κ1) is 19.2. The van der Waals surface area contributed by atoms with Crippen LogP contribution in [0.1, 0.15) is 19.5 Å². The van der Waals surface area contributed by atoms with Crippen molar-refractivity contribution in [3.63, 3.8) is 0 Å². The lowest BCUT2D eigenvalue weighted by molar-refractivity contribution is 0.279. The molecule has 1 rings (SSSR count). The number of pyridine rings is 1. The number of likely N-dealkylation sites (N-methyl/N-ethyl adjacent to an activating group) is 1. The van der Waals surface area contributed by atoms with E-state index in [-0.39, 0.29) is 11.2 Å². The van der Waals surface area contributed by atoms with Gasteiger partial charge in [-0.2, -0.15) is 0 Å². The Labute approximate surface area is 139 Å². The normalized spacial score (nSPS) is 11.1. The second-order valence-corrected chi connectivity index (χ2v) is 5.51. The van der Waals surface area contributed by atoms with Crippen molar-refractivity contribution in [1.29, 1.82) is 0 Å². The molecule has 5 nitrogen and oxygen atoms in total. The van der Waals surface area contributed by atoms with Crippen molar-refractivity contribution in [2.24, 2.45) is 0 Å². The molecule has 0 bridgehead atoms. The van der Waals surface area contributed by atoms with Crippen molar-refractivity contribution in [2.75, 3.05) is 32.7 Å². The van der Waals surface area contributed by atoms with E-state index in [0.717, 1.165) is 45.0 Å². The third-order valence-corrected chi connectivity index (χ3v) is 3.91. The number of hydrogen-bond donors (Lipinski definition) is 1. The SMILES string of the molecule is C=CCN(CC=C)Cc1cc(=O)c(O)cn1CCN(CC)CC. The first-order valence-electron chi connectivity index (χ1n) is 8.14. The van der Waals surface area contributed by atoms with Crippen LogP contribution in [0.4, 0.5) is 0 Å². The molecule has 0 unspecified atom stereocenters. The molecule has 1 aromatic heterocycles. The average Bonchev–Trinajstić information content (AvgIpc) is 2.53. The van der Waals surface area contributed by atoms with Crippen molar-refractivity contribution >= 4 is 0 Å². The summed E-state index contributed by atoms with van der Waals surface area (Å²) in [6.45, 7) is 17.4. The van der Waals surface area contributed by atoms with Crippen LogP contribution in [0.2, 0.25) is 0 Å². The number of aromatic hydroxyl groups is 1. The Kier molecular flexibility index (Phi) is 8.37. The largest absolute Gasteiger partial charge is 0.503 e. The summed E-state index contributed by atoms with van der Waals surface area (Å²) in [6.07, 6.45) is 5.21. The molecule has 0 fully saturated rings. The molecule has 0 radical (unpaired) electrons. The van der Waals surface area contributed by atoms with Gasteiger partial charge in [0.2, 0.25) is 5.43 Å². The predicted octanol–water partition coefficient (Wildman–Crippen LogP) is 2.07. The zero-order chi connectivity index (χ0) is 17.2. The lowest BCUT2D eigenvalue weighted by atomic mass is 10.2. The molecule has 0 aliphatic heterocycles.